The molecule has 0 radical (unpaired) electrons. The number of benzene rings is 3. The third-order valence-electron chi connectivity index (χ3n) is 7.02. The summed E-state index contributed by atoms with van der Waals surface area (Å²) in [5.41, 5.74) is 5.40. The quantitative estimate of drug-likeness (QED) is 0.306. The van der Waals surface area contributed by atoms with Crippen molar-refractivity contribution in [1.29, 1.82) is 5.26 Å². The van der Waals surface area contributed by atoms with Crippen LogP contribution in [0.25, 0.3) is 10.9 Å². The average molecular weight is 488 g/mol. The van der Waals surface area contributed by atoms with Crippen molar-refractivity contribution in [2.24, 2.45) is 0 Å². The summed E-state index contributed by atoms with van der Waals surface area (Å²) >= 11 is 6.19. The van der Waals surface area contributed by atoms with Gasteiger partial charge in [-0.15, -0.1) is 0 Å². The molecule has 0 saturated heterocycles. The molecule has 5 rings (SSSR count). The van der Waals surface area contributed by atoms with Crippen LogP contribution in [-0.4, -0.2) is 30.0 Å². The Morgan fingerprint density at radius 1 is 1.11 bits per heavy atom. The molecule has 0 amide bonds. The lowest BCUT2D eigenvalue weighted by atomic mass is 9.81. The molecule has 0 aliphatic carbocycles. The van der Waals surface area contributed by atoms with Crippen LogP contribution in [0.15, 0.2) is 66.9 Å². The van der Waals surface area contributed by atoms with Gasteiger partial charge in [0.2, 0.25) is 0 Å². The number of likely N-dealkylation sites (N-methyl/N-ethyl adjacent to an activating group) is 1. The van der Waals surface area contributed by atoms with E-state index in [4.69, 9.17) is 16.3 Å². The molecule has 4 nitrogen and oxygen atoms in total. The molecule has 6 heteroatoms. The first-order valence-electron chi connectivity index (χ1n) is 11.9. The van der Waals surface area contributed by atoms with Crippen molar-refractivity contribution in [3.05, 3.63) is 106 Å². The van der Waals surface area contributed by atoms with Crippen molar-refractivity contribution in [2.75, 3.05) is 20.1 Å². The Kier molecular flexibility index (Phi) is 6.62. The third-order valence-corrected chi connectivity index (χ3v) is 7.25. The fraction of sp³-hybridized carbons (Fsp3) is 0.276. The summed E-state index contributed by atoms with van der Waals surface area (Å²) in [5, 5.41) is 11.2. The number of aromatic nitrogens is 1. The van der Waals surface area contributed by atoms with E-state index in [9.17, 15) is 9.65 Å². The summed E-state index contributed by atoms with van der Waals surface area (Å²) in [7, 11) is 2.13. The predicted molar refractivity (Wildman–Crippen MR) is 137 cm³/mol. The summed E-state index contributed by atoms with van der Waals surface area (Å²) in [6.45, 7) is 2.27. The number of aromatic amines is 1. The first-order valence-corrected chi connectivity index (χ1v) is 12.2. The number of halogens is 2. The van der Waals surface area contributed by atoms with Crippen molar-refractivity contribution >= 4 is 22.5 Å². The molecule has 1 aromatic heterocycles. The smallest absolute Gasteiger partial charge is 0.123 e. The van der Waals surface area contributed by atoms with E-state index < -0.39 is 5.60 Å². The first kappa shape index (κ1) is 23.6. The fourth-order valence-electron chi connectivity index (χ4n) is 5.14. The molecule has 0 fully saturated rings. The second kappa shape index (κ2) is 9.83. The molecule has 1 aliphatic rings. The normalized spacial score (nSPS) is 17.1. The minimum Gasteiger partial charge on any atom is -0.361 e. The molecule has 0 spiro atoms. The molecular formula is C29H27ClFN3O. The van der Waals surface area contributed by atoms with E-state index in [1.165, 1.54) is 23.1 Å². The van der Waals surface area contributed by atoms with Gasteiger partial charge in [-0.25, -0.2) is 4.39 Å². The lowest BCUT2D eigenvalue weighted by Crippen LogP contribution is -2.30. The number of ether oxygens (including phenoxy) is 1. The first-order chi connectivity index (χ1) is 17.0. The van der Waals surface area contributed by atoms with E-state index in [0.717, 1.165) is 59.6 Å². The van der Waals surface area contributed by atoms with Gasteiger partial charge < -0.3 is 14.6 Å². The second-order valence-electron chi connectivity index (χ2n) is 9.27. The Morgan fingerprint density at radius 3 is 2.74 bits per heavy atom. The molecule has 0 saturated carbocycles. The van der Waals surface area contributed by atoms with Gasteiger partial charge in [-0.3, -0.25) is 0 Å². The lowest BCUT2D eigenvalue weighted by molar-refractivity contribution is -0.0142. The highest BCUT2D eigenvalue weighted by Gasteiger charge is 2.41. The Bertz CT molecular complexity index is 1390. The number of H-pyrrole nitrogens is 1. The highest BCUT2D eigenvalue weighted by Crippen LogP contribution is 2.45. The SMILES string of the molecule is CN(CCCC1(c2ccc(F)cc2)OCc2cc(C#N)ccc21)CCc1c[nH]c2ccc(Cl)cc12. The average Bonchev–Trinajstić information content (AvgIpc) is 3.44. The molecule has 2 heterocycles. The van der Waals surface area contributed by atoms with Gasteiger partial charge in [-0.2, -0.15) is 5.26 Å². The van der Waals surface area contributed by atoms with E-state index in [1.54, 1.807) is 0 Å². The molecule has 1 unspecified atom stereocenters. The fourth-order valence-corrected chi connectivity index (χ4v) is 5.32. The third kappa shape index (κ3) is 4.70. The molecule has 178 valence electrons. The monoisotopic (exact) mass is 487 g/mol. The maximum absolute atomic E-state index is 13.7. The number of nitrogens with zero attached hydrogens (tertiary/aromatic N) is 2. The Labute approximate surface area is 209 Å². The summed E-state index contributed by atoms with van der Waals surface area (Å²) < 4.78 is 20.1. The summed E-state index contributed by atoms with van der Waals surface area (Å²) in [6, 6.07) is 20.5. The number of rotatable bonds is 8. The number of hydrogen-bond donors (Lipinski definition) is 1. The minimum absolute atomic E-state index is 0.264. The highest BCUT2D eigenvalue weighted by atomic mass is 35.5. The van der Waals surface area contributed by atoms with Crippen molar-refractivity contribution in [2.45, 2.75) is 31.5 Å². The number of nitriles is 1. The van der Waals surface area contributed by atoms with Crippen LogP contribution >= 0.6 is 11.6 Å². The Morgan fingerprint density at radius 2 is 1.94 bits per heavy atom. The molecule has 3 aromatic carbocycles. The van der Waals surface area contributed by atoms with E-state index in [2.05, 4.69) is 29.2 Å². The van der Waals surface area contributed by atoms with Crippen LogP contribution < -0.4 is 0 Å². The van der Waals surface area contributed by atoms with Gasteiger partial charge in [0, 0.05) is 28.7 Å². The zero-order valence-corrected chi connectivity index (χ0v) is 20.4. The lowest BCUT2D eigenvalue weighted by Gasteiger charge is -2.31. The van der Waals surface area contributed by atoms with Crippen LogP contribution in [-0.2, 0) is 23.4 Å². The van der Waals surface area contributed by atoms with Crippen LogP contribution in [0, 0.1) is 17.1 Å². The van der Waals surface area contributed by atoms with Crippen molar-refractivity contribution in [1.82, 2.24) is 9.88 Å². The van der Waals surface area contributed by atoms with Crippen molar-refractivity contribution in [3.63, 3.8) is 0 Å². The Balaban J connectivity index is 1.28. The van der Waals surface area contributed by atoms with Gasteiger partial charge in [0.1, 0.15) is 11.4 Å². The van der Waals surface area contributed by atoms with Gasteiger partial charge in [0.05, 0.1) is 18.2 Å². The largest absolute Gasteiger partial charge is 0.361 e. The Hall–Kier alpha value is -3.17. The minimum atomic E-state index is -0.633. The number of fused-ring (bicyclic) bond motifs is 2. The van der Waals surface area contributed by atoms with E-state index in [-0.39, 0.29) is 5.82 Å². The zero-order chi connectivity index (χ0) is 24.4. The van der Waals surface area contributed by atoms with Crippen LogP contribution in [0.3, 0.4) is 0 Å². The van der Waals surface area contributed by atoms with Crippen LogP contribution in [0.4, 0.5) is 4.39 Å². The van der Waals surface area contributed by atoms with Gasteiger partial charge in [-0.1, -0.05) is 29.8 Å². The topological polar surface area (TPSA) is 52.0 Å². The summed E-state index contributed by atoms with van der Waals surface area (Å²) in [5.74, 6) is -0.264. The maximum Gasteiger partial charge on any atom is 0.123 e. The van der Waals surface area contributed by atoms with Gasteiger partial charge >= 0.3 is 0 Å². The molecule has 1 aliphatic heterocycles. The van der Waals surface area contributed by atoms with Gasteiger partial charge in [0.25, 0.3) is 0 Å². The van der Waals surface area contributed by atoms with Crippen LogP contribution in [0.5, 0.6) is 0 Å². The predicted octanol–water partition coefficient (Wildman–Crippen LogP) is 6.56. The van der Waals surface area contributed by atoms with Gasteiger partial charge in [-0.05, 0) is 97.6 Å². The molecule has 4 aromatic rings. The molecular weight excluding hydrogens is 461 g/mol. The molecule has 1 atom stereocenters. The van der Waals surface area contributed by atoms with E-state index in [0.29, 0.717) is 12.2 Å². The standard InChI is InChI=1S/C29H27ClFN3O/c1-34(14-11-21-18-33-28-10-6-24(30)16-26(21)28)13-2-12-29(23-4-7-25(31)8-5-23)27-9-3-20(17-32)15-22(27)19-35-29/h3-10,15-16,18,33H,2,11-14,19H2,1H3. The highest BCUT2D eigenvalue weighted by molar-refractivity contribution is 6.31. The zero-order valence-electron chi connectivity index (χ0n) is 19.7. The number of hydrogen-bond acceptors (Lipinski definition) is 3. The van der Waals surface area contributed by atoms with Crippen LogP contribution in [0.1, 0.15) is 40.7 Å². The van der Waals surface area contributed by atoms with Crippen molar-refractivity contribution in [3.8, 4) is 6.07 Å². The second-order valence-corrected chi connectivity index (χ2v) is 9.70. The maximum atomic E-state index is 13.7. The van der Waals surface area contributed by atoms with Crippen LogP contribution in [0.2, 0.25) is 5.02 Å². The molecule has 1 N–H and O–H groups in total. The summed E-state index contributed by atoms with van der Waals surface area (Å²) in [6.07, 6.45) is 4.67. The van der Waals surface area contributed by atoms with E-state index >= 15 is 0 Å². The number of nitrogens with one attached hydrogen (secondary N) is 1. The molecule has 35 heavy (non-hydrogen) atoms. The van der Waals surface area contributed by atoms with E-state index in [1.807, 2.05) is 48.5 Å². The van der Waals surface area contributed by atoms with Gasteiger partial charge in [0.15, 0.2) is 0 Å². The van der Waals surface area contributed by atoms with Crippen molar-refractivity contribution < 1.29 is 9.13 Å². The molecule has 0 bridgehead atoms. The summed E-state index contributed by atoms with van der Waals surface area (Å²) in [4.78, 5) is 5.65.